The number of imidazole rings is 1. The average molecular weight is 421 g/mol. The van der Waals surface area contributed by atoms with E-state index < -0.39 is 5.60 Å². The first-order valence-electron chi connectivity index (χ1n) is 10.6. The number of ether oxygens (including phenoxy) is 1. The molecule has 4 rings (SSSR count). The van der Waals surface area contributed by atoms with Gasteiger partial charge >= 0.3 is 6.09 Å². The number of nitrogens with one attached hydrogen (secondary N) is 1. The third-order valence-electron chi connectivity index (χ3n) is 5.17. The van der Waals surface area contributed by atoms with E-state index in [1.165, 1.54) is 0 Å². The number of carbonyl (C=O) groups excluding carboxylic acids is 2. The van der Waals surface area contributed by atoms with E-state index in [9.17, 15) is 9.59 Å². The smallest absolute Gasteiger partial charge is 0.414 e. The topological polar surface area (TPSA) is 75.9 Å². The van der Waals surface area contributed by atoms with E-state index in [1.807, 2.05) is 74.8 Å². The summed E-state index contributed by atoms with van der Waals surface area (Å²) in [6.45, 7) is 8.16. The van der Waals surface area contributed by atoms with Crippen molar-refractivity contribution in [3.05, 3.63) is 59.5 Å². The highest BCUT2D eigenvalue weighted by atomic mass is 16.6. The molecule has 7 heteroatoms. The zero-order chi connectivity index (χ0) is 22.2. The quantitative estimate of drug-likeness (QED) is 0.676. The fourth-order valence-electron chi connectivity index (χ4n) is 3.82. The number of pyridine rings is 1. The van der Waals surface area contributed by atoms with Gasteiger partial charge in [0.1, 0.15) is 11.2 Å². The molecular formula is C24H28N4O3. The fourth-order valence-corrected chi connectivity index (χ4v) is 3.82. The summed E-state index contributed by atoms with van der Waals surface area (Å²) in [5.41, 5.74) is 4.58. The monoisotopic (exact) mass is 420 g/mol. The molecule has 3 aromatic rings. The molecule has 0 fully saturated rings. The fraction of sp³-hybridized carbons (Fsp3) is 0.375. The van der Waals surface area contributed by atoms with Crippen LogP contribution in [0.3, 0.4) is 0 Å². The lowest BCUT2D eigenvalue weighted by Gasteiger charge is -2.32. The molecule has 0 spiro atoms. The van der Waals surface area contributed by atoms with Crippen LogP contribution < -0.4 is 10.2 Å². The Morgan fingerprint density at radius 1 is 1.23 bits per heavy atom. The van der Waals surface area contributed by atoms with Crippen LogP contribution in [-0.2, 0) is 22.4 Å². The molecular weight excluding hydrogens is 392 g/mol. The number of benzene rings is 1. The van der Waals surface area contributed by atoms with Gasteiger partial charge in [-0.1, -0.05) is 12.1 Å². The van der Waals surface area contributed by atoms with Crippen molar-refractivity contribution in [2.75, 3.05) is 16.8 Å². The van der Waals surface area contributed by atoms with Crippen molar-refractivity contribution in [3.63, 3.8) is 0 Å². The van der Waals surface area contributed by atoms with E-state index in [4.69, 9.17) is 4.74 Å². The maximum atomic E-state index is 12.7. The van der Waals surface area contributed by atoms with Crippen molar-refractivity contribution in [1.29, 1.82) is 0 Å². The normalized spacial score (nSPS) is 13.7. The number of hydrogen-bond donors (Lipinski definition) is 1. The summed E-state index contributed by atoms with van der Waals surface area (Å²) >= 11 is 0. The van der Waals surface area contributed by atoms with Crippen LogP contribution >= 0.6 is 0 Å². The number of aryl methyl sites for hydroxylation is 2. The maximum Gasteiger partial charge on any atom is 0.414 e. The molecule has 0 atom stereocenters. The Kier molecular flexibility index (Phi) is 5.43. The number of carbonyl (C=O) groups is 2. The minimum Gasteiger partial charge on any atom is -0.443 e. The summed E-state index contributed by atoms with van der Waals surface area (Å²) in [5.74, 6) is -0.152. The lowest BCUT2D eigenvalue weighted by Crippen LogP contribution is -2.39. The Balaban J connectivity index is 1.50. The van der Waals surface area contributed by atoms with Crippen LogP contribution in [0.25, 0.3) is 5.65 Å². The molecule has 1 aromatic carbocycles. The number of nitrogens with zero attached hydrogens (tertiary/aromatic N) is 3. The molecule has 0 bridgehead atoms. The number of amides is 2. The molecule has 162 valence electrons. The third kappa shape index (κ3) is 4.71. The average Bonchev–Trinajstić information content (AvgIpc) is 3.09. The summed E-state index contributed by atoms with van der Waals surface area (Å²) in [4.78, 5) is 31.5. The second-order valence-electron chi connectivity index (χ2n) is 8.96. The van der Waals surface area contributed by atoms with Crippen LogP contribution in [0, 0.1) is 6.92 Å². The molecule has 1 N–H and O–H groups in total. The minimum absolute atomic E-state index is 0.152. The largest absolute Gasteiger partial charge is 0.443 e. The molecule has 0 radical (unpaired) electrons. The van der Waals surface area contributed by atoms with Crippen molar-refractivity contribution in [2.45, 2.75) is 52.6 Å². The van der Waals surface area contributed by atoms with Crippen molar-refractivity contribution >= 4 is 29.0 Å². The van der Waals surface area contributed by atoms with Gasteiger partial charge in [0.15, 0.2) is 0 Å². The highest BCUT2D eigenvalue weighted by molar-refractivity contribution is 5.95. The van der Waals surface area contributed by atoms with Gasteiger partial charge in [-0.15, -0.1) is 0 Å². The first-order valence-corrected chi connectivity index (χ1v) is 10.6. The molecule has 0 unspecified atom stereocenters. The molecule has 7 nitrogen and oxygen atoms in total. The molecule has 0 saturated carbocycles. The molecule has 0 saturated heterocycles. The Bertz CT molecular complexity index is 1140. The van der Waals surface area contributed by atoms with Gasteiger partial charge in [-0.2, -0.15) is 0 Å². The van der Waals surface area contributed by atoms with Crippen LogP contribution in [0.1, 0.15) is 44.0 Å². The van der Waals surface area contributed by atoms with Crippen LogP contribution in [0.4, 0.5) is 16.2 Å². The third-order valence-corrected chi connectivity index (χ3v) is 5.17. The first-order chi connectivity index (χ1) is 14.7. The summed E-state index contributed by atoms with van der Waals surface area (Å²) < 4.78 is 7.49. The van der Waals surface area contributed by atoms with E-state index in [2.05, 4.69) is 10.3 Å². The Labute approximate surface area is 182 Å². The number of aromatic nitrogens is 2. The Morgan fingerprint density at radius 2 is 2.03 bits per heavy atom. The zero-order valence-electron chi connectivity index (χ0n) is 18.4. The lowest BCUT2D eigenvalue weighted by molar-refractivity contribution is -0.115. The standard InChI is InChI=1S/C24H28N4O3/c1-16-7-5-11-27-15-19(26-22(16)27)14-21(29)25-18-10-9-17-8-6-12-28(20(17)13-18)23(30)31-24(2,3)4/h5,7,9-11,13,15H,6,8,12,14H2,1-4H3,(H,25,29). The molecule has 1 aliphatic rings. The van der Waals surface area contributed by atoms with Crippen LogP contribution in [-0.4, -0.2) is 33.5 Å². The van der Waals surface area contributed by atoms with E-state index in [0.29, 0.717) is 17.9 Å². The minimum atomic E-state index is -0.563. The van der Waals surface area contributed by atoms with Crippen molar-refractivity contribution in [1.82, 2.24) is 9.38 Å². The van der Waals surface area contributed by atoms with Crippen molar-refractivity contribution in [3.8, 4) is 0 Å². The number of fused-ring (bicyclic) bond motifs is 2. The molecule has 31 heavy (non-hydrogen) atoms. The number of hydrogen-bond acceptors (Lipinski definition) is 4. The van der Waals surface area contributed by atoms with Gasteiger partial charge in [-0.25, -0.2) is 9.78 Å². The van der Waals surface area contributed by atoms with E-state index in [0.717, 1.165) is 35.3 Å². The van der Waals surface area contributed by atoms with Crippen LogP contribution in [0.15, 0.2) is 42.7 Å². The SMILES string of the molecule is Cc1cccn2cc(CC(=O)Nc3ccc4c(c3)N(C(=O)OC(C)(C)C)CCC4)nc12. The van der Waals surface area contributed by atoms with Crippen molar-refractivity contribution < 1.29 is 14.3 Å². The second-order valence-corrected chi connectivity index (χ2v) is 8.96. The van der Waals surface area contributed by atoms with Gasteiger partial charge in [0, 0.05) is 24.6 Å². The molecule has 1 aliphatic heterocycles. The van der Waals surface area contributed by atoms with Gasteiger partial charge in [-0.3, -0.25) is 9.69 Å². The second kappa shape index (κ2) is 8.06. The van der Waals surface area contributed by atoms with Gasteiger partial charge in [0.2, 0.25) is 5.91 Å². The summed E-state index contributed by atoms with van der Waals surface area (Å²) in [7, 11) is 0. The van der Waals surface area contributed by atoms with E-state index in [1.54, 1.807) is 4.90 Å². The molecule has 2 aromatic heterocycles. The molecule has 2 amide bonds. The molecule has 0 aliphatic carbocycles. The van der Waals surface area contributed by atoms with E-state index >= 15 is 0 Å². The summed E-state index contributed by atoms with van der Waals surface area (Å²) in [6, 6.07) is 9.65. The van der Waals surface area contributed by atoms with Crippen LogP contribution in [0.5, 0.6) is 0 Å². The van der Waals surface area contributed by atoms with Crippen molar-refractivity contribution in [2.24, 2.45) is 0 Å². The van der Waals surface area contributed by atoms with Gasteiger partial charge in [-0.05, 0) is 69.9 Å². The number of anilines is 2. The van der Waals surface area contributed by atoms with Gasteiger partial charge in [0.05, 0.1) is 17.8 Å². The van der Waals surface area contributed by atoms with Gasteiger partial charge < -0.3 is 14.5 Å². The Hall–Kier alpha value is -3.35. The predicted octanol–water partition coefficient (Wildman–Crippen LogP) is 4.51. The first kappa shape index (κ1) is 20.9. The Morgan fingerprint density at radius 3 is 2.77 bits per heavy atom. The van der Waals surface area contributed by atoms with Gasteiger partial charge in [0.25, 0.3) is 0 Å². The summed E-state index contributed by atoms with van der Waals surface area (Å²) in [6.07, 6.45) is 5.38. The lowest BCUT2D eigenvalue weighted by atomic mass is 10.0. The highest BCUT2D eigenvalue weighted by Gasteiger charge is 2.27. The highest BCUT2D eigenvalue weighted by Crippen LogP contribution is 2.31. The summed E-state index contributed by atoms with van der Waals surface area (Å²) in [5, 5.41) is 2.94. The van der Waals surface area contributed by atoms with E-state index in [-0.39, 0.29) is 18.4 Å². The maximum absolute atomic E-state index is 12.7. The predicted molar refractivity (Wildman–Crippen MR) is 121 cm³/mol. The number of rotatable bonds is 3. The molecule has 3 heterocycles. The zero-order valence-corrected chi connectivity index (χ0v) is 18.4. The van der Waals surface area contributed by atoms with Crippen LogP contribution in [0.2, 0.25) is 0 Å².